The number of para-hydroxylation sites is 1. The molecule has 2 aromatic rings. The molecule has 0 radical (unpaired) electrons. The maximum atomic E-state index is 12.8. The molecule has 1 unspecified atom stereocenters. The first kappa shape index (κ1) is 25.2. The highest BCUT2D eigenvalue weighted by atomic mass is 19.4. The van der Waals surface area contributed by atoms with E-state index in [1.165, 1.54) is 50.4 Å². The van der Waals surface area contributed by atoms with Crippen LogP contribution < -0.4 is 21.1 Å². The number of nitrogens with zero attached hydrogens (tertiary/aromatic N) is 4. The Morgan fingerprint density at radius 3 is 2.55 bits per heavy atom. The Bertz CT molecular complexity index is 1210. The minimum Gasteiger partial charge on any atom is -0.405 e. The molecule has 5 atom stereocenters. The number of nitriles is 1. The second-order valence-corrected chi connectivity index (χ2v) is 11.6. The van der Waals surface area contributed by atoms with E-state index in [0.29, 0.717) is 40.9 Å². The van der Waals surface area contributed by atoms with Crippen LogP contribution in [0.25, 0.3) is 0 Å². The van der Waals surface area contributed by atoms with Crippen LogP contribution in [0.2, 0.25) is 0 Å². The van der Waals surface area contributed by atoms with Gasteiger partial charge in [0.15, 0.2) is 0 Å². The number of benzene rings is 1. The highest BCUT2D eigenvalue weighted by Crippen LogP contribution is 2.61. The number of likely N-dealkylation sites (tertiary alicyclic amines) is 1. The van der Waals surface area contributed by atoms with Gasteiger partial charge in [0.2, 0.25) is 5.95 Å². The third-order valence-electron chi connectivity index (χ3n) is 8.89. The maximum absolute atomic E-state index is 12.8. The lowest BCUT2D eigenvalue weighted by atomic mass is 9.47. The molecule has 8 nitrogen and oxygen atoms in total. The minimum atomic E-state index is -4.78. The third kappa shape index (κ3) is 4.99. The molecule has 2 heterocycles. The summed E-state index contributed by atoms with van der Waals surface area (Å²) in [6.45, 7) is 2.81. The van der Waals surface area contributed by atoms with E-state index >= 15 is 0 Å². The highest BCUT2D eigenvalue weighted by Gasteiger charge is 2.57. The number of halogens is 3. The first-order valence-corrected chi connectivity index (χ1v) is 13.3. The first-order chi connectivity index (χ1) is 18.2. The summed E-state index contributed by atoms with van der Waals surface area (Å²) in [5.41, 5.74) is 6.93. The predicted octanol–water partition coefficient (Wildman–Crippen LogP) is 4.11. The quantitative estimate of drug-likeness (QED) is 0.470. The molecule has 4 aliphatic carbocycles. The Kier molecular flexibility index (Phi) is 6.35. The van der Waals surface area contributed by atoms with Crippen LogP contribution in [-0.4, -0.2) is 52.9 Å². The van der Waals surface area contributed by atoms with Crippen molar-refractivity contribution in [3.05, 3.63) is 41.6 Å². The molecule has 1 aliphatic heterocycles. The molecule has 0 amide bonds. The van der Waals surface area contributed by atoms with Crippen molar-refractivity contribution in [3.63, 3.8) is 0 Å². The van der Waals surface area contributed by atoms with Gasteiger partial charge in [-0.3, -0.25) is 4.90 Å². The predicted molar refractivity (Wildman–Crippen MR) is 135 cm³/mol. The number of ether oxygens (including phenoxy) is 1. The largest absolute Gasteiger partial charge is 0.573 e. The molecule has 202 valence electrons. The standard InChI is InChI=1S/C27H32F3N7O/c28-27(29,30)38-22-4-2-1-3-17(22)11-33-25-34-12-20(10-31)24(36-25)35-15-26-7-16-5-18(8-26)23(19(6-16)9-26)37-13-21(32)14-37/h1-4,12,16,18-19,21,23H,5-9,11,13-15,32H2,(H2,33,34,35,36)/t16?,18-,19+,23-,26-. The van der Waals surface area contributed by atoms with Crippen molar-refractivity contribution in [3.8, 4) is 11.8 Å². The zero-order chi connectivity index (χ0) is 26.5. The number of hydrogen-bond acceptors (Lipinski definition) is 8. The Morgan fingerprint density at radius 1 is 1.13 bits per heavy atom. The Morgan fingerprint density at radius 2 is 1.87 bits per heavy atom. The monoisotopic (exact) mass is 527 g/mol. The first-order valence-electron chi connectivity index (χ1n) is 13.3. The number of anilines is 2. The number of hydrogen-bond donors (Lipinski definition) is 3. The number of aromatic nitrogens is 2. The molecular weight excluding hydrogens is 495 g/mol. The van der Waals surface area contributed by atoms with Gasteiger partial charge in [-0.1, -0.05) is 18.2 Å². The lowest BCUT2D eigenvalue weighted by Gasteiger charge is -2.64. The minimum absolute atomic E-state index is 0.0358. The second kappa shape index (κ2) is 9.58. The molecule has 4 saturated carbocycles. The van der Waals surface area contributed by atoms with Gasteiger partial charge in [-0.2, -0.15) is 10.2 Å². The summed E-state index contributed by atoms with van der Waals surface area (Å²) in [7, 11) is 0. The summed E-state index contributed by atoms with van der Waals surface area (Å²) in [4.78, 5) is 11.3. The topological polar surface area (TPSA) is 112 Å². The highest BCUT2D eigenvalue weighted by molar-refractivity contribution is 5.53. The summed E-state index contributed by atoms with van der Waals surface area (Å²) < 4.78 is 42.4. The molecule has 4 bridgehead atoms. The van der Waals surface area contributed by atoms with E-state index in [-0.39, 0.29) is 23.7 Å². The average molecular weight is 528 g/mol. The van der Waals surface area contributed by atoms with Crippen molar-refractivity contribution in [2.75, 3.05) is 30.3 Å². The molecule has 1 aromatic heterocycles. The Balaban J connectivity index is 1.13. The maximum Gasteiger partial charge on any atom is 0.573 e. The summed E-state index contributed by atoms with van der Waals surface area (Å²) in [6.07, 6.45) is 2.83. The van der Waals surface area contributed by atoms with E-state index in [4.69, 9.17) is 5.73 Å². The van der Waals surface area contributed by atoms with Crippen molar-refractivity contribution >= 4 is 11.8 Å². The van der Waals surface area contributed by atoms with Crippen molar-refractivity contribution in [1.29, 1.82) is 5.26 Å². The number of nitrogens with two attached hydrogens (primary N) is 1. The molecule has 7 rings (SSSR count). The Labute approximate surface area is 219 Å². The molecule has 1 saturated heterocycles. The molecule has 4 N–H and O–H groups in total. The van der Waals surface area contributed by atoms with Gasteiger partial charge < -0.3 is 21.1 Å². The summed E-state index contributed by atoms with van der Waals surface area (Å²) in [5, 5.41) is 16.1. The van der Waals surface area contributed by atoms with E-state index in [9.17, 15) is 18.4 Å². The average Bonchev–Trinajstić information content (AvgIpc) is 2.84. The van der Waals surface area contributed by atoms with E-state index in [0.717, 1.165) is 25.6 Å². The molecule has 5 fully saturated rings. The molecule has 0 spiro atoms. The molecule has 5 aliphatic rings. The molecular formula is C27H32F3N7O. The zero-order valence-electron chi connectivity index (χ0n) is 21.0. The van der Waals surface area contributed by atoms with Gasteiger partial charge in [0, 0.05) is 43.8 Å². The van der Waals surface area contributed by atoms with Crippen LogP contribution in [0.5, 0.6) is 5.75 Å². The van der Waals surface area contributed by atoms with E-state index < -0.39 is 6.36 Å². The summed E-state index contributed by atoms with van der Waals surface area (Å²) in [5.74, 6) is 2.57. The second-order valence-electron chi connectivity index (χ2n) is 11.6. The number of rotatable bonds is 8. The fourth-order valence-corrected chi connectivity index (χ4v) is 7.77. The van der Waals surface area contributed by atoms with Gasteiger partial charge in [0.05, 0.1) is 6.20 Å². The van der Waals surface area contributed by atoms with E-state index in [1.807, 2.05) is 0 Å². The van der Waals surface area contributed by atoms with Crippen LogP contribution in [-0.2, 0) is 6.54 Å². The lowest BCUT2D eigenvalue weighted by Crippen LogP contribution is -2.67. The van der Waals surface area contributed by atoms with Crippen molar-refractivity contribution in [2.45, 2.75) is 57.1 Å². The fraction of sp³-hybridized carbons (Fsp3) is 0.593. The van der Waals surface area contributed by atoms with Crippen LogP contribution >= 0.6 is 0 Å². The smallest absolute Gasteiger partial charge is 0.405 e. The summed E-state index contributed by atoms with van der Waals surface area (Å²) >= 11 is 0. The number of nitrogens with one attached hydrogen (secondary N) is 2. The van der Waals surface area contributed by atoms with Crippen LogP contribution in [0, 0.1) is 34.5 Å². The number of alkyl halides is 3. The molecule has 1 aromatic carbocycles. The van der Waals surface area contributed by atoms with Gasteiger partial charge in [-0.25, -0.2) is 4.98 Å². The van der Waals surface area contributed by atoms with Crippen LogP contribution in [0.1, 0.15) is 43.2 Å². The zero-order valence-corrected chi connectivity index (χ0v) is 21.0. The fourth-order valence-electron chi connectivity index (χ4n) is 7.77. The SMILES string of the molecule is N#Cc1cnc(NCc2ccccc2OC(F)(F)F)nc1NC[C@]12CC3C[C@H](C1)[C@@H](N1CC(N)C1)[C@@H](C3)C2. The normalized spacial score (nSPS) is 30.5. The van der Waals surface area contributed by atoms with Gasteiger partial charge in [0.1, 0.15) is 23.2 Å². The molecule has 38 heavy (non-hydrogen) atoms. The van der Waals surface area contributed by atoms with Gasteiger partial charge in [-0.05, 0) is 61.3 Å². The summed E-state index contributed by atoms with van der Waals surface area (Å²) in [6, 6.07) is 9.07. The molecule has 11 heteroatoms. The van der Waals surface area contributed by atoms with Crippen LogP contribution in [0.4, 0.5) is 24.9 Å². The van der Waals surface area contributed by atoms with Crippen molar-refractivity contribution in [1.82, 2.24) is 14.9 Å². The lowest BCUT2D eigenvalue weighted by molar-refractivity contribution is -0.274. The van der Waals surface area contributed by atoms with Crippen molar-refractivity contribution < 1.29 is 17.9 Å². The van der Waals surface area contributed by atoms with E-state index in [1.54, 1.807) is 12.1 Å². The van der Waals surface area contributed by atoms with Gasteiger partial charge in [0.25, 0.3) is 0 Å². The van der Waals surface area contributed by atoms with Crippen LogP contribution in [0.3, 0.4) is 0 Å². The van der Waals surface area contributed by atoms with Crippen LogP contribution in [0.15, 0.2) is 30.5 Å². The van der Waals surface area contributed by atoms with Gasteiger partial charge >= 0.3 is 6.36 Å². The Hall–Kier alpha value is -3.10. The van der Waals surface area contributed by atoms with Gasteiger partial charge in [-0.15, -0.1) is 13.2 Å². The third-order valence-corrected chi connectivity index (χ3v) is 8.89. The van der Waals surface area contributed by atoms with E-state index in [2.05, 4.69) is 36.3 Å². The van der Waals surface area contributed by atoms with Crippen molar-refractivity contribution in [2.24, 2.45) is 28.9 Å².